The van der Waals surface area contributed by atoms with Crippen LogP contribution in [0.1, 0.15) is 36.5 Å². The molecule has 0 radical (unpaired) electrons. The smallest absolute Gasteiger partial charge is 0.306 e. The average Bonchev–Trinajstić information content (AvgIpc) is 2.57. The second-order valence-corrected chi connectivity index (χ2v) is 6.29. The molecule has 1 fully saturated rings. The van der Waals surface area contributed by atoms with E-state index in [1.165, 1.54) is 0 Å². The number of rotatable bonds is 6. The van der Waals surface area contributed by atoms with Crippen LogP contribution in [-0.4, -0.2) is 42.4 Å². The van der Waals surface area contributed by atoms with E-state index < -0.39 is 0 Å². The normalized spacial score (nSPS) is 21.0. The highest BCUT2D eigenvalue weighted by molar-refractivity contribution is 6.17. The number of ether oxygens (including phenoxy) is 1. The molecule has 4 nitrogen and oxygen atoms in total. The Bertz CT molecular complexity index is 520. The van der Waals surface area contributed by atoms with Crippen LogP contribution in [0.15, 0.2) is 30.3 Å². The summed E-state index contributed by atoms with van der Waals surface area (Å²) in [5, 5.41) is 0. The number of likely N-dealkylation sites (tertiary alicyclic amines) is 1. The van der Waals surface area contributed by atoms with E-state index in [-0.39, 0.29) is 23.7 Å². The van der Waals surface area contributed by atoms with Gasteiger partial charge in [0.1, 0.15) is 0 Å². The van der Waals surface area contributed by atoms with Crippen molar-refractivity contribution in [2.24, 2.45) is 11.8 Å². The lowest BCUT2D eigenvalue weighted by Gasteiger charge is -2.38. The summed E-state index contributed by atoms with van der Waals surface area (Å²) in [5.74, 6) is 0.933. The standard InChI is InChI=1S/C18H24ClNO3/c1-2-23-17(21)12-15-9-11-20(13-16(15)8-10-19)18(22)14-6-4-3-5-7-14/h3-7,15-16H,2,8-13H2,1H3/t15-,16+/m1/s1. The lowest BCUT2D eigenvalue weighted by molar-refractivity contribution is -0.145. The van der Waals surface area contributed by atoms with Crippen molar-refractivity contribution >= 4 is 23.5 Å². The third-order valence-corrected chi connectivity index (χ3v) is 4.63. The van der Waals surface area contributed by atoms with E-state index in [9.17, 15) is 9.59 Å². The van der Waals surface area contributed by atoms with Gasteiger partial charge in [-0.15, -0.1) is 11.6 Å². The lowest BCUT2D eigenvalue weighted by atomic mass is 9.81. The maximum atomic E-state index is 12.6. The molecule has 0 saturated carbocycles. The molecular weight excluding hydrogens is 314 g/mol. The third-order valence-electron chi connectivity index (χ3n) is 4.41. The molecule has 0 N–H and O–H groups in total. The summed E-state index contributed by atoms with van der Waals surface area (Å²) in [6.07, 6.45) is 2.05. The van der Waals surface area contributed by atoms with Crippen LogP contribution in [0, 0.1) is 11.8 Å². The first-order chi connectivity index (χ1) is 11.2. The van der Waals surface area contributed by atoms with E-state index in [2.05, 4.69) is 0 Å². The van der Waals surface area contributed by atoms with Crippen molar-refractivity contribution in [3.05, 3.63) is 35.9 Å². The number of carbonyl (C=O) groups is 2. The molecule has 0 aliphatic carbocycles. The number of piperidine rings is 1. The highest BCUT2D eigenvalue weighted by Crippen LogP contribution is 2.30. The first-order valence-electron chi connectivity index (χ1n) is 8.21. The molecule has 1 aliphatic rings. The van der Waals surface area contributed by atoms with Gasteiger partial charge in [-0.25, -0.2) is 0 Å². The van der Waals surface area contributed by atoms with Gasteiger partial charge >= 0.3 is 5.97 Å². The summed E-state index contributed by atoms with van der Waals surface area (Å²) >= 11 is 5.92. The van der Waals surface area contributed by atoms with E-state index in [1.54, 1.807) is 0 Å². The fourth-order valence-electron chi connectivity index (χ4n) is 3.20. The summed E-state index contributed by atoms with van der Waals surface area (Å²) in [5.41, 5.74) is 0.709. The Morgan fingerprint density at radius 2 is 2.00 bits per heavy atom. The monoisotopic (exact) mass is 337 g/mol. The Morgan fingerprint density at radius 1 is 1.26 bits per heavy atom. The molecule has 2 rings (SSSR count). The molecule has 1 amide bonds. The molecule has 1 aromatic carbocycles. The topological polar surface area (TPSA) is 46.6 Å². The molecule has 0 bridgehead atoms. The Kier molecular flexibility index (Phi) is 6.90. The molecular formula is C18H24ClNO3. The number of alkyl halides is 1. The number of halogens is 1. The second-order valence-electron chi connectivity index (χ2n) is 5.91. The van der Waals surface area contributed by atoms with Gasteiger partial charge in [-0.05, 0) is 43.7 Å². The molecule has 0 aromatic heterocycles. The number of hydrogen-bond donors (Lipinski definition) is 0. The van der Waals surface area contributed by atoms with Crippen LogP contribution in [0.25, 0.3) is 0 Å². The van der Waals surface area contributed by atoms with Crippen molar-refractivity contribution in [3.63, 3.8) is 0 Å². The Hall–Kier alpha value is -1.55. The average molecular weight is 338 g/mol. The van der Waals surface area contributed by atoms with E-state index in [0.29, 0.717) is 37.6 Å². The zero-order valence-corrected chi connectivity index (χ0v) is 14.3. The number of benzene rings is 1. The fourth-order valence-corrected chi connectivity index (χ4v) is 3.48. The van der Waals surface area contributed by atoms with Crippen LogP contribution in [0.5, 0.6) is 0 Å². The van der Waals surface area contributed by atoms with Crippen molar-refractivity contribution in [1.82, 2.24) is 4.90 Å². The zero-order chi connectivity index (χ0) is 16.7. The van der Waals surface area contributed by atoms with Crippen molar-refractivity contribution < 1.29 is 14.3 Å². The van der Waals surface area contributed by atoms with Gasteiger partial charge in [0.25, 0.3) is 5.91 Å². The van der Waals surface area contributed by atoms with E-state index in [1.807, 2.05) is 42.2 Å². The summed E-state index contributed by atoms with van der Waals surface area (Å²) in [4.78, 5) is 26.2. The van der Waals surface area contributed by atoms with Crippen molar-refractivity contribution in [3.8, 4) is 0 Å². The summed E-state index contributed by atoms with van der Waals surface area (Å²) in [6, 6.07) is 9.32. The summed E-state index contributed by atoms with van der Waals surface area (Å²) in [6.45, 7) is 3.56. The van der Waals surface area contributed by atoms with E-state index in [0.717, 1.165) is 12.8 Å². The quantitative estimate of drug-likeness (QED) is 0.590. The van der Waals surface area contributed by atoms with Crippen molar-refractivity contribution in [2.75, 3.05) is 25.6 Å². The molecule has 5 heteroatoms. The summed E-state index contributed by atoms with van der Waals surface area (Å²) < 4.78 is 5.06. The minimum atomic E-state index is -0.153. The molecule has 126 valence electrons. The minimum absolute atomic E-state index is 0.0553. The molecule has 2 atom stereocenters. The van der Waals surface area contributed by atoms with Crippen LogP contribution < -0.4 is 0 Å². The molecule has 1 saturated heterocycles. The highest BCUT2D eigenvalue weighted by atomic mass is 35.5. The molecule has 1 aromatic rings. The van der Waals surface area contributed by atoms with Crippen LogP contribution in [0.2, 0.25) is 0 Å². The van der Waals surface area contributed by atoms with Crippen LogP contribution in [-0.2, 0) is 9.53 Å². The Morgan fingerprint density at radius 3 is 2.65 bits per heavy atom. The second kappa shape index (κ2) is 8.92. The van der Waals surface area contributed by atoms with Crippen LogP contribution in [0.4, 0.5) is 0 Å². The van der Waals surface area contributed by atoms with Gasteiger partial charge in [-0.1, -0.05) is 18.2 Å². The van der Waals surface area contributed by atoms with Gasteiger partial charge < -0.3 is 9.64 Å². The van der Waals surface area contributed by atoms with Gasteiger partial charge in [0, 0.05) is 31.0 Å². The van der Waals surface area contributed by atoms with Crippen LogP contribution in [0.3, 0.4) is 0 Å². The SMILES string of the molecule is CCOC(=O)C[C@H]1CCN(C(=O)c2ccccc2)C[C@@H]1CCCl. The predicted molar refractivity (Wildman–Crippen MR) is 90.5 cm³/mol. The fraction of sp³-hybridized carbons (Fsp3) is 0.556. The predicted octanol–water partition coefficient (Wildman–Crippen LogP) is 3.35. The van der Waals surface area contributed by atoms with Gasteiger partial charge in [0.15, 0.2) is 0 Å². The Balaban J connectivity index is 2.00. The zero-order valence-electron chi connectivity index (χ0n) is 13.5. The minimum Gasteiger partial charge on any atom is -0.466 e. The van der Waals surface area contributed by atoms with E-state index >= 15 is 0 Å². The number of hydrogen-bond acceptors (Lipinski definition) is 3. The van der Waals surface area contributed by atoms with Crippen molar-refractivity contribution in [2.45, 2.75) is 26.2 Å². The third kappa shape index (κ3) is 4.96. The molecule has 1 heterocycles. The largest absolute Gasteiger partial charge is 0.466 e. The van der Waals surface area contributed by atoms with Gasteiger partial charge in [-0.3, -0.25) is 9.59 Å². The number of carbonyl (C=O) groups excluding carboxylic acids is 2. The molecule has 0 unspecified atom stereocenters. The number of amides is 1. The van der Waals surface area contributed by atoms with Crippen LogP contribution >= 0.6 is 11.6 Å². The first kappa shape index (κ1) is 17.8. The molecule has 1 aliphatic heterocycles. The van der Waals surface area contributed by atoms with E-state index in [4.69, 9.17) is 16.3 Å². The molecule has 0 spiro atoms. The van der Waals surface area contributed by atoms with Gasteiger partial charge in [0.05, 0.1) is 6.61 Å². The van der Waals surface area contributed by atoms with Crippen molar-refractivity contribution in [1.29, 1.82) is 0 Å². The molecule has 23 heavy (non-hydrogen) atoms. The maximum absolute atomic E-state index is 12.6. The number of esters is 1. The lowest BCUT2D eigenvalue weighted by Crippen LogP contribution is -2.44. The summed E-state index contributed by atoms with van der Waals surface area (Å²) in [7, 11) is 0. The maximum Gasteiger partial charge on any atom is 0.306 e. The van der Waals surface area contributed by atoms with Gasteiger partial charge in [-0.2, -0.15) is 0 Å². The first-order valence-corrected chi connectivity index (χ1v) is 8.75. The van der Waals surface area contributed by atoms with Gasteiger partial charge in [0.2, 0.25) is 0 Å². The number of nitrogens with zero attached hydrogens (tertiary/aromatic N) is 1. The Labute approximate surface area is 142 Å². The highest BCUT2D eigenvalue weighted by Gasteiger charge is 2.32.